The highest BCUT2D eigenvalue weighted by Gasteiger charge is 2.50. The summed E-state index contributed by atoms with van der Waals surface area (Å²) in [5.74, 6) is 1.25. The Morgan fingerprint density at radius 1 is 1.37 bits per heavy atom. The zero-order chi connectivity index (χ0) is 13.6. The van der Waals surface area contributed by atoms with Gasteiger partial charge in [-0.2, -0.15) is 0 Å². The average molecular weight is 326 g/mol. The van der Waals surface area contributed by atoms with Crippen molar-refractivity contribution in [2.75, 3.05) is 13.2 Å². The third-order valence-corrected chi connectivity index (χ3v) is 4.77. The first-order valence-corrected chi connectivity index (χ1v) is 7.23. The van der Waals surface area contributed by atoms with Gasteiger partial charge >= 0.3 is 0 Å². The molecule has 1 fully saturated rings. The second kappa shape index (κ2) is 4.49. The Hall–Kier alpha value is -1.07. The standard InChI is InChI=1S/C14H16BrNO3/c1-8(16)14(2-3-14)10-6-11(15)9(7-17)12-13(10)19-5-4-18-12/h6-8H,2-5,16H2,1H3. The topological polar surface area (TPSA) is 61.6 Å². The number of ether oxygens (including phenoxy) is 2. The van der Waals surface area contributed by atoms with Crippen LogP contribution >= 0.6 is 15.9 Å². The van der Waals surface area contributed by atoms with Gasteiger partial charge in [-0.3, -0.25) is 4.79 Å². The van der Waals surface area contributed by atoms with Gasteiger partial charge in [0.15, 0.2) is 17.8 Å². The molecule has 1 heterocycles. The predicted octanol–water partition coefficient (Wildman–Crippen LogP) is 2.41. The zero-order valence-corrected chi connectivity index (χ0v) is 12.3. The summed E-state index contributed by atoms with van der Waals surface area (Å²) in [6.07, 6.45) is 2.90. The first kappa shape index (κ1) is 12.9. The highest BCUT2D eigenvalue weighted by Crippen LogP contribution is 2.56. The van der Waals surface area contributed by atoms with Gasteiger partial charge in [0.1, 0.15) is 13.2 Å². The van der Waals surface area contributed by atoms with Crippen LogP contribution in [0, 0.1) is 0 Å². The molecular formula is C14H16BrNO3. The Bertz CT molecular complexity index is 538. The maximum absolute atomic E-state index is 11.2. The van der Waals surface area contributed by atoms with Gasteiger partial charge in [0.25, 0.3) is 0 Å². The highest BCUT2D eigenvalue weighted by molar-refractivity contribution is 9.10. The summed E-state index contributed by atoms with van der Waals surface area (Å²) < 4.78 is 12.2. The molecule has 0 bridgehead atoms. The van der Waals surface area contributed by atoms with Gasteiger partial charge in [-0.15, -0.1) is 0 Å². The molecule has 0 saturated heterocycles. The molecule has 102 valence electrons. The summed E-state index contributed by atoms with van der Waals surface area (Å²) in [4.78, 5) is 11.2. The molecule has 1 aliphatic carbocycles. The van der Waals surface area contributed by atoms with Crippen LogP contribution in [0.15, 0.2) is 10.5 Å². The SMILES string of the molecule is CC(N)C1(c2cc(Br)c(C=O)c3c2OCCO3)CC1. The van der Waals surface area contributed by atoms with E-state index >= 15 is 0 Å². The Kier molecular flexibility index (Phi) is 3.06. The lowest BCUT2D eigenvalue weighted by atomic mass is 9.87. The molecular weight excluding hydrogens is 310 g/mol. The molecule has 1 saturated carbocycles. The third-order valence-electron chi connectivity index (χ3n) is 4.11. The predicted molar refractivity (Wildman–Crippen MR) is 75.1 cm³/mol. The van der Waals surface area contributed by atoms with Crippen LogP contribution in [0.5, 0.6) is 11.5 Å². The number of benzene rings is 1. The highest BCUT2D eigenvalue weighted by atomic mass is 79.9. The lowest BCUT2D eigenvalue weighted by Gasteiger charge is -2.28. The Morgan fingerprint density at radius 2 is 2.00 bits per heavy atom. The molecule has 0 aromatic heterocycles. The number of carbonyl (C=O) groups excluding carboxylic acids is 1. The van der Waals surface area contributed by atoms with Crippen LogP contribution in [-0.2, 0) is 5.41 Å². The number of fused-ring (bicyclic) bond motifs is 1. The Labute approximate surface area is 120 Å². The molecule has 1 aliphatic heterocycles. The summed E-state index contributed by atoms with van der Waals surface area (Å²) in [5, 5.41) is 0. The molecule has 2 N–H and O–H groups in total. The summed E-state index contributed by atoms with van der Waals surface area (Å²) in [6, 6.07) is 2.02. The van der Waals surface area contributed by atoms with Crippen molar-refractivity contribution in [1.82, 2.24) is 0 Å². The Balaban J connectivity index is 2.21. The molecule has 1 atom stereocenters. The summed E-state index contributed by atoms with van der Waals surface area (Å²) in [6.45, 7) is 2.99. The van der Waals surface area contributed by atoms with Gasteiger partial charge in [0.05, 0.1) is 5.56 Å². The van der Waals surface area contributed by atoms with Crippen LogP contribution < -0.4 is 15.2 Å². The molecule has 0 spiro atoms. The van der Waals surface area contributed by atoms with Crippen molar-refractivity contribution >= 4 is 22.2 Å². The molecule has 1 aromatic rings. The second-order valence-corrected chi connectivity index (χ2v) is 6.09. The monoisotopic (exact) mass is 325 g/mol. The number of hydrogen-bond acceptors (Lipinski definition) is 4. The van der Waals surface area contributed by atoms with Gasteiger partial charge in [-0.05, 0) is 41.8 Å². The first-order valence-electron chi connectivity index (χ1n) is 6.43. The van der Waals surface area contributed by atoms with Gasteiger partial charge in [-0.1, -0.05) is 0 Å². The van der Waals surface area contributed by atoms with Crippen molar-refractivity contribution < 1.29 is 14.3 Å². The minimum atomic E-state index is -0.0330. The fourth-order valence-corrected chi connectivity index (χ4v) is 3.28. The fraction of sp³-hybridized carbons (Fsp3) is 0.500. The molecule has 19 heavy (non-hydrogen) atoms. The molecule has 3 rings (SSSR count). The van der Waals surface area contributed by atoms with Crippen molar-refractivity contribution in [3.63, 3.8) is 0 Å². The van der Waals surface area contributed by atoms with Crippen molar-refractivity contribution in [3.8, 4) is 11.5 Å². The van der Waals surface area contributed by atoms with Gasteiger partial charge in [-0.25, -0.2) is 0 Å². The van der Waals surface area contributed by atoms with E-state index in [9.17, 15) is 4.79 Å². The maximum Gasteiger partial charge on any atom is 0.173 e. The van der Waals surface area contributed by atoms with Gasteiger partial charge in [0, 0.05) is 21.5 Å². The molecule has 5 heteroatoms. The minimum Gasteiger partial charge on any atom is -0.486 e. The average Bonchev–Trinajstić information content (AvgIpc) is 3.19. The van der Waals surface area contributed by atoms with E-state index in [1.165, 1.54) is 0 Å². The van der Waals surface area contributed by atoms with E-state index in [4.69, 9.17) is 15.2 Å². The number of aldehydes is 1. The normalized spacial score (nSPS) is 20.8. The van der Waals surface area contributed by atoms with Crippen molar-refractivity contribution in [2.45, 2.75) is 31.2 Å². The third kappa shape index (κ3) is 1.87. The molecule has 0 amide bonds. The minimum absolute atomic E-state index is 0.0330. The molecule has 0 radical (unpaired) electrons. The zero-order valence-electron chi connectivity index (χ0n) is 10.7. The largest absolute Gasteiger partial charge is 0.486 e. The van der Waals surface area contributed by atoms with E-state index in [0.29, 0.717) is 30.3 Å². The molecule has 2 aliphatic rings. The van der Waals surface area contributed by atoms with Crippen LogP contribution in [0.25, 0.3) is 0 Å². The summed E-state index contributed by atoms with van der Waals surface area (Å²) >= 11 is 3.45. The van der Waals surface area contributed by atoms with Gasteiger partial charge in [0.2, 0.25) is 0 Å². The van der Waals surface area contributed by atoms with E-state index in [2.05, 4.69) is 15.9 Å². The van der Waals surface area contributed by atoms with Crippen LogP contribution in [0.4, 0.5) is 0 Å². The van der Waals surface area contributed by atoms with Crippen LogP contribution in [0.2, 0.25) is 0 Å². The second-order valence-electron chi connectivity index (χ2n) is 5.24. The summed E-state index contributed by atoms with van der Waals surface area (Å²) in [5.41, 5.74) is 7.68. The summed E-state index contributed by atoms with van der Waals surface area (Å²) in [7, 11) is 0. The van der Waals surface area contributed by atoms with E-state index < -0.39 is 0 Å². The number of hydrogen-bond donors (Lipinski definition) is 1. The molecule has 1 aromatic carbocycles. The van der Waals surface area contributed by atoms with Crippen LogP contribution in [0.3, 0.4) is 0 Å². The van der Waals surface area contributed by atoms with E-state index in [0.717, 1.165) is 29.2 Å². The molecule has 1 unspecified atom stereocenters. The van der Waals surface area contributed by atoms with E-state index in [-0.39, 0.29) is 11.5 Å². The fourth-order valence-electron chi connectivity index (χ4n) is 2.78. The first-order chi connectivity index (χ1) is 9.10. The number of carbonyl (C=O) groups is 1. The Morgan fingerprint density at radius 3 is 2.53 bits per heavy atom. The van der Waals surface area contributed by atoms with Crippen molar-refractivity contribution in [1.29, 1.82) is 0 Å². The smallest absolute Gasteiger partial charge is 0.173 e. The van der Waals surface area contributed by atoms with E-state index in [1.54, 1.807) is 0 Å². The maximum atomic E-state index is 11.2. The quantitative estimate of drug-likeness (QED) is 0.867. The van der Waals surface area contributed by atoms with Crippen molar-refractivity contribution in [2.24, 2.45) is 5.73 Å². The number of nitrogens with two attached hydrogens (primary N) is 1. The number of halogens is 1. The lowest BCUT2D eigenvalue weighted by molar-refractivity contribution is 0.111. The van der Waals surface area contributed by atoms with E-state index in [1.807, 2.05) is 13.0 Å². The van der Waals surface area contributed by atoms with Gasteiger partial charge < -0.3 is 15.2 Å². The van der Waals surface area contributed by atoms with Crippen LogP contribution in [0.1, 0.15) is 35.7 Å². The van der Waals surface area contributed by atoms with Crippen molar-refractivity contribution in [3.05, 3.63) is 21.7 Å². The molecule has 4 nitrogen and oxygen atoms in total. The number of rotatable bonds is 3. The lowest BCUT2D eigenvalue weighted by Crippen LogP contribution is -2.33. The van der Waals surface area contributed by atoms with Crippen LogP contribution in [-0.4, -0.2) is 25.5 Å².